The van der Waals surface area contributed by atoms with Crippen molar-refractivity contribution in [1.29, 1.82) is 0 Å². The number of anilines is 1. The van der Waals surface area contributed by atoms with Crippen LogP contribution in [0.2, 0.25) is 0 Å². The molecule has 6 rings (SSSR count). The van der Waals surface area contributed by atoms with E-state index in [0.717, 1.165) is 36.8 Å². The van der Waals surface area contributed by atoms with Crippen LogP contribution in [0.3, 0.4) is 0 Å². The van der Waals surface area contributed by atoms with Crippen LogP contribution in [-0.4, -0.2) is 52.3 Å². The maximum Gasteiger partial charge on any atom is 0.234 e. The van der Waals surface area contributed by atoms with E-state index in [4.69, 9.17) is 14.2 Å². The monoisotopic (exact) mass is 522 g/mol. The highest BCUT2D eigenvalue weighted by molar-refractivity contribution is 8.14. The molecule has 4 aliphatic rings. The van der Waals surface area contributed by atoms with Crippen LogP contribution in [0.15, 0.2) is 60.0 Å². The van der Waals surface area contributed by atoms with Gasteiger partial charge in [-0.05, 0) is 42.7 Å². The molecule has 3 unspecified atom stereocenters. The maximum atomic E-state index is 12.6. The molecule has 0 spiro atoms. The fourth-order valence-corrected chi connectivity index (χ4v) is 5.57. The number of rotatable bonds is 8. The molecule has 194 valence electrons. The van der Waals surface area contributed by atoms with Crippen molar-refractivity contribution in [3.63, 3.8) is 0 Å². The minimum Gasteiger partial charge on any atom is -0.494 e. The number of fused-ring (bicyclic) bond motifs is 4. The number of nitrogens with zero attached hydrogens (tertiary/aromatic N) is 3. The lowest BCUT2D eigenvalue weighted by Crippen LogP contribution is -2.54. The van der Waals surface area contributed by atoms with Crippen molar-refractivity contribution >= 4 is 28.5 Å². The number of hydrazone groups is 1. The number of unbranched alkanes of at least 4 members (excludes halogenated alkanes) is 1. The normalized spacial score (nSPS) is 22.8. The van der Waals surface area contributed by atoms with E-state index in [2.05, 4.69) is 50.2 Å². The van der Waals surface area contributed by atoms with Crippen molar-refractivity contribution in [3.8, 4) is 17.2 Å². The summed E-state index contributed by atoms with van der Waals surface area (Å²) in [6.07, 6.45) is 7.15. The van der Waals surface area contributed by atoms with Gasteiger partial charge in [0.05, 0.1) is 24.4 Å². The first-order valence-electron chi connectivity index (χ1n) is 12.6. The number of hydrogen-bond donors (Lipinski definition) is 3. The Kier molecular flexibility index (Phi) is 6.71. The summed E-state index contributed by atoms with van der Waals surface area (Å²) in [6.45, 7) is 3.12. The van der Waals surface area contributed by atoms with Crippen LogP contribution in [0, 0.1) is 0 Å². The SMILES string of the molecule is CCCCOc1ccc(C2CC3C4NN=C(SCC(=O)Nc5ccc6c(c5)OCO6)N4C=CN3N2)cc1. The third kappa shape index (κ3) is 5.01. The summed E-state index contributed by atoms with van der Waals surface area (Å²) in [4.78, 5) is 14.7. The van der Waals surface area contributed by atoms with Crippen LogP contribution < -0.4 is 30.4 Å². The minimum atomic E-state index is -0.109. The second-order valence-electron chi connectivity index (χ2n) is 9.24. The van der Waals surface area contributed by atoms with Crippen molar-refractivity contribution < 1.29 is 19.0 Å². The summed E-state index contributed by atoms with van der Waals surface area (Å²) in [6, 6.07) is 14.1. The zero-order valence-corrected chi connectivity index (χ0v) is 21.4. The highest BCUT2D eigenvalue weighted by atomic mass is 32.2. The second-order valence-corrected chi connectivity index (χ2v) is 10.2. The number of ether oxygens (including phenoxy) is 3. The molecule has 2 aromatic rings. The molecule has 37 heavy (non-hydrogen) atoms. The molecule has 3 N–H and O–H groups in total. The third-order valence-corrected chi connectivity index (χ3v) is 7.71. The predicted octanol–water partition coefficient (Wildman–Crippen LogP) is 3.57. The Morgan fingerprint density at radius 1 is 1.19 bits per heavy atom. The molecule has 11 heteroatoms. The van der Waals surface area contributed by atoms with E-state index in [1.165, 1.54) is 17.3 Å². The summed E-state index contributed by atoms with van der Waals surface area (Å²) in [5.41, 5.74) is 8.78. The smallest absolute Gasteiger partial charge is 0.234 e. The van der Waals surface area contributed by atoms with Gasteiger partial charge in [-0.3, -0.25) is 10.2 Å². The summed E-state index contributed by atoms with van der Waals surface area (Å²) < 4.78 is 16.5. The number of carbonyl (C=O) groups is 1. The van der Waals surface area contributed by atoms with Gasteiger partial charge < -0.3 is 29.4 Å². The fraction of sp³-hybridized carbons (Fsp3) is 0.385. The minimum absolute atomic E-state index is 0.00132. The molecule has 4 heterocycles. The van der Waals surface area contributed by atoms with E-state index in [9.17, 15) is 4.79 Å². The van der Waals surface area contributed by atoms with Gasteiger partial charge in [-0.25, -0.2) is 5.43 Å². The molecule has 1 fully saturated rings. The van der Waals surface area contributed by atoms with Crippen LogP contribution in [-0.2, 0) is 4.79 Å². The van der Waals surface area contributed by atoms with Gasteiger partial charge in [-0.2, -0.15) is 5.10 Å². The van der Waals surface area contributed by atoms with E-state index >= 15 is 0 Å². The van der Waals surface area contributed by atoms with Crippen LogP contribution in [0.1, 0.15) is 37.8 Å². The van der Waals surface area contributed by atoms with Crippen molar-refractivity contribution in [1.82, 2.24) is 20.8 Å². The molecule has 0 radical (unpaired) electrons. The number of amides is 1. The van der Waals surface area contributed by atoms with E-state index in [1.807, 2.05) is 24.5 Å². The van der Waals surface area contributed by atoms with Gasteiger partial charge in [0.25, 0.3) is 0 Å². The molecular formula is C26H30N6O4S. The molecule has 0 bridgehead atoms. The second kappa shape index (κ2) is 10.4. The van der Waals surface area contributed by atoms with Crippen LogP contribution in [0.25, 0.3) is 0 Å². The molecule has 2 aromatic carbocycles. The Labute approximate surface area is 220 Å². The van der Waals surface area contributed by atoms with Crippen molar-refractivity contribution in [2.45, 2.75) is 44.4 Å². The van der Waals surface area contributed by atoms with Crippen molar-refractivity contribution in [2.75, 3.05) is 24.5 Å². The number of carbonyl (C=O) groups excluding carboxylic acids is 1. The quantitative estimate of drug-likeness (QED) is 0.449. The molecule has 3 atom stereocenters. The van der Waals surface area contributed by atoms with Gasteiger partial charge in [0.15, 0.2) is 16.7 Å². The van der Waals surface area contributed by atoms with Gasteiger partial charge in [0.2, 0.25) is 12.7 Å². The van der Waals surface area contributed by atoms with Gasteiger partial charge in [0.1, 0.15) is 11.9 Å². The molecule has 0 aliphatic carbocycles. The first-order chi connectivity index (χ1) is 18.2. The van der Waals surface area contributed by atoms with Crippen LogP contribution in [0.5, 0.6) is 17.2 Å². The lowest BCUT2D eigenvalue weighted by molar-refractivity contribution is -0.113. The Morgan fingerprint density at radius 3 is 2.92 bits per heavy atom. The topological polar surface area (TPSA) is 99.7 Å². The van der Waals surface area contributed by atoms with Crippen LogP contribution >= 0.6 is 11.8 Å². The summed E-state index contributed by atoms with van der Waals surface area (Å²) in [5.74, 6) is 2.37. The standard InChI is InChI=1S/C26H30N6O4S/c1-2-3-12-34-19-7-4-17(5-8-19)20-14-21-25-28-29-26(31(25)10-11-32(21)30-20)37-15-24(33)27-18-6-9-22-23(13-18)36-16-35-22/h4-11,13,20-21,25,28,30H,2-3,12,14-16H2,1H3,(H,27,33). The zero-order chi connectivity index (χ0) is 25.2. The largest absolute Gasteiger partial charge is 0.494 e. The molecular weight excluding hydrogens is 492 g/mol. The predicted molar refractivity (Wildman–Crippen MR) is 142 cm³/mol. The summed E-state index contributed by atoms with van der Waals surface area (Å²) >= 11 is 1.40. The first kappa shape index (κ1) is 23.8. The van der Waals surface area contributed by atoms with E-state index < -0.39 is 0 Å². The Hall–Kier alpha value is -3.57. The molecule has 0 aromatic heterocycles. The Morgan fingerprint density at radius 2 is 2.05 bits per heavy atom. The number of hydrazine groups is 1. The van der Waals surface area contributed by atoms with Gasteiger partial charge in [-0.15, -0.1) is 0 Å². The average Bonchev–Trinajstić information content (AvgIpc) is 3.65. The molecule has 10 nitrogen and oxygen atoms in total. The highest BCUT2D eigenvalue weighted by Crippen LogP contribution is 2.36. The van der Waals surface area contributed by atoms with Crippen molar-refractivity contribution in [3.05, 3.63) is 60.4 Å². The van der Waals surface area contributed by atoms with Gasteiger partial charge >= 0.3 is 0 Å². The number of benzene rings is 2. The average molecular weight is 523 g/mol. The number of hydrogen-bond acceptors (Lipinski definition) is 10. The lowest BCUT2D eigenvalue weighted by atomic mass is 10.00. The number of nitrogens with one attached hydrogen (secondary N) is 3. The summed E-state index contributed by atoms with van der Waals surface area (Å²) in [5, 5.41) is 10.4. The van der Waals surface area contributed by atoms with Gasteiger partial charge in [-0.1, -0.05) is 37.2 Å². The first-order valence-corrected chi connectivity index (χ1v) is 13.6. The van der Waals surface area contributed by atoms with E-state index in [0.29, 0.717) is 17.2 Å². The van der Waals surface area contributed by atoms with E-state index in [-0.39, 0.29) is 36.7 Å². The summed E-state index contributed by atoms with van der Waals surface area (Å²) in [7, 11) is 0. The molecule has 1 amide bonds. The van der Waals surface area contributed by atoms with Gasteiger partial charge in [0, 0.05) is 24.2 Å². The highest BCUT2D eigenvalue weighted by Gasteiger charge is 2.44. The van der Waals surface area contributed by atoms with Crippen LogP contribution in [0.4, 0.5) is 5.69 Å². The third-order valence-electron chi connectivity index (χ3n) is 6.74. The Balaban J connectivity index is 1.01. The molecule has 0 saturated carbocycles. The van der Waals surface area contributed by atoms with Crippen molar-refractivity contribution in [2.24, 2.45) is 5.10 Å². The fourth-order valence-electron chi connectivity index (χ4n) is 4.80. The maximum absolute atomic E-state index is 12.6. The molecule has 4 aliphatic heterocycles. The number of thioether (sulfide) groups is 1. The Bertz CT molecular complexity index is 1210. The molecule has 1 saturated heterocycles. The number of amidine groups is 1. The van der Waals surface area contributed by atoms with E-state index in [1.54, 1.807) is 18.2 Å². The zero-order valence-electron chi connectivity index (χ0n) is 20.6. The lowest BCUT2D eigenvalue weighted by Gasteiger charge is -2.36.